The zero-order chi connectivity index (χ0) is 17.5. The fourth-order valence-corrected chi connectivity index (χ4v) is 3.75. The van der Waals surface area contributed by atoms with Gasteiger partial charge in [-0.2, -0.15) is 0 Å². The lowest BCUT2D eigenvalue weighted by molar-refractivity contribution is -0.131. The fourth-order valence-electron chi connectivity index (χ4n) is 3.75. The Bertz CT molecular complexity index is 562. The van der Waals surface area contributed by atoms with Crippen LogP contribution >= 0.6 is 0 Å². The van der Waals surface area contributed by atoms with Crippen molar-refractivity contribution in [2.24, 2.45) is 5.92 Å². The highest BCUT2D eigenvalue weighted by Gasteiger charge is 2.25. The number of carbonyl (C=O) groups excluding carboxylic acids is 2. The van der Waals surface area contributed by atoms with E-state index in [0.29, 0.717) is 31.3 Å². The van der Waals surface area contributed by atoms with E-state index < -0.39 is 0 Å². The Morgan fingerprint density at radius 3 is 2.36 bits per heavy atom. The smallest absolute Gasteiger partial charge is 0.234 e. The van der Waals surface area contributed by atoms with E-state index in [1.807, 2.05) is 35.2 Å². The van der Waals surface area contributed by atoms with Crippen molar-refractivity contribution in [1.29, 1.82) is 0 Å². The van der Waals surface area contributed by atoms with Crippen LogP contribution in [-0.2, 0) is 16.1 Å². The molecule has 2 heterocycles. The lowest BCUT2D eigenvalue weighted by Gasteiger charge is -2.31. The highest BCUT2D eigenvalue weighted by molar-refractivity contribution is 5.78. The Morgan fingerprint density at radius 1 is 1.00 bits per heavy atom. The number of hydrogen-bond donors (Lipinski definition) is 1. The number of piperidine rings is 1. The average molecular weight is 343 g/mol. The van der Waals surface area contributed by atoms with Crippen molar-refractivity contribution in [3.05, 3.63) is 35.9 Å². The number of nitrogens with zero attached hydrogens (tertiary/aromatic N) is 2. The predicted molar refractivity (Wildman–Crippen MR) is 97.9 cm³/mol. The number of rotatable bonds is 6. The van der Waals surface area contributed by atoms with E-state index in [9.17, 15) is 9.59 Å². The molecule has 25 heavy (non-hydrogen) atoms. The third-order valence-corrected chi connectivity index (χ3v) is 5.33. The van der Waals surface area contributed by atoms with Crippen LogP contribution in [0.15, 0.2) is 30.3 Å². The molecule has 1 aromatic rings. The Hall–Kier alpha value is -1.88. The van der Waals surface area contributed by atoms with Gasteiger partial charge in [-0.05, 0) is 50.3 Å². The molecule has 0 bridgehead atoms. The van der Waals surface area contributed by atoms with Crippen LogP contribution in [0.1, 0.15) is 37.7 Å². The van der Waals surface area contributed by atoms with Gasteiger partial charge in [0.1, 0.15) is 0 Å². The van der Waals surface area contributed by atoms with E-state index in [4.69, 9.17) is 0 Å². The molecule has 1 N–H and O–H groups in total. The summed E-state index contributed by atoms with van der Waals surface area (Å²) in [6, 6.07) is 9.97. The minimum atomic E-state index is 0.0791. The minimum Gasteiger partial charge on any atom is -0.351 e. The molecule has 0 atom stereocenters. The van der Waals surface area contributed by atoms with Gasteiger partial charge in [-0.1, -0.05) is 30.3 Å². The van der Waals surface area contributed by atoms with E-state index in [0.717, 1.165) is 57.4 Å². The average Bonchev–Trinajstić information content (AvgIpc) is 3.17. The first-order chi connectivity index (χ1) is 12.2. The summed E-state index contributed by atoms with van der Waals surface area (Å²) in [5.41, 5.74) is 1.12. The molecule has 5 nitrogen and oxygen atoms in total. The summed E-state index contributed by atoms with van der Waals surface area (Å²) in [6.45, 7) is 4.76. The molecule has 0 aromatic heterocycles. The van der Waals surface area contributed by atoms with Crippen LogP contribution in [0.3, 0.4) is 0 Å². The lowest BCUT2D eigenvalue weighted by Crippen LogP contribution is -2.42. The van der Waals surface area contributed by atoms with Gasteiger partial charge in [0.25, 0.3) is 0 Å². The quantitative estimate of drug-likeness (QED) is 0.860. The monoisotopic (exact) mass is 343 g/mol. The molecule has 3 rings (SSSR count). The van der Waals surface area contributed by atoms with Gasteiger partial charge >= 0.3 is 0 Å². The molecule has 2 fully saturated rings. The Balaban J connectivity index is 1.33. The van der Waals surface area contributed by atoms with Crippen LogP contribution in [0.5, 0.6) is 0 Å². The zero-order valence-electron chi connectivity index (χ0n) is 15.0. The van der Waals surface area contributed by atoms with E-state index in [2.05, 4.69) is 10.2 Å². The molecule has 136 valence electrons. The van der Waals surface area contributed by atoms with Crippen molar-refractivity contribution >= 4 is 11.8 Å². The van der Waals surface area contributed by atoms with Crippen molar-refractivity contribution < 1.29 is 9.59 Å². The first-order valence-corrected chi connectivity index (χ1v) is 9.51. The van der Waals surface area contributed by atoms with Gasteiger partial charge in [0.15, 0.2) is 0 Å². The number of carbonyl (C=O) groups is 2. The first-order valence-electron chi connectivity index (χ1n) is 9.51. The maximum atomic E-state index is 12.2. The number of nitrogens with one attached hydrogen (secondary N) is 1. The van der Waals surface area contributed by atoms with Crippen molar-refractivity contribution in [2.75, 3.05) is 32.7 Å². The molecule has 0 spiro atoms. The molecular formula is C20H29N3O2. The second-order valence-electron chi connectivity index (χ2n) is 7.27. The maximum absolute atomic E-state index is 12.2. The third-order valence-electron chi connectivity index (χ3n) is 5.33. The fraction of sp³-hybridized carbons (Fsp3) is 0.600. The van der Waals surface area contributed by atoms with E-state index in [1.165, 1.54) is 0 Å². The van der Waals surface area contributed by atoms with Crippen LogP contribution in [0, 0.1) is 5.92 Å². The molecule has 5 heteroatoms. The maximum Gasteiger partial charge on any atom is 0.234 e. The van der Waals surface area contributed by atoms with Crippen LogP contribution in [0.25, 0.3) is 0 Å². The normalized spacial score (nSPS) is 19.1. The lowest BCUT2D eigenvalue weighted by atomic mass is 9.93. The van der Waals surface area contributed by atoms with Gasteiger partial charge in [-0.3, -0.25) is 14.5 Å². The van der Waals surface area contributed by atoms with Crippen molar-refractivity contribution in [3.63, 3.8) is 0 Å². The highest BCUT2D eigenvalue weighted by Crippen LogP contribution is 2.22. The summed E-state index contributed by atoms with van der Waals surface area (Å²) in [4.78, 5) is 28.6. The van der Waals surface area contributed by atoms with Gasteiger partial charge in [-0.15, -0.1) is 0 Å². The number of likely N-dealkylation sites (tertiary alicyclic amines) is 2. The number of amides is 2. The number of hydrogen-bond acceptors (Lipinski definition) is 3. The Morgan fingerprint density at radius 2 is 1.68 bits per heavy atom. The number of benzene rings is 1. The van der Waals surface area contributed by atoms with Gasteiger partial charge < -0.3 is 10.2 Å². The molecule has 0 unspecified atom stereocenters. The van der Waals surface area contributed by atoms with Crippen LogP contribution in [0.2, 0.25) is 0 Å². The topological polar surface area (TPSA) is 52.7 Å². The molecule has 2 aliphatic rings. The van der Waals surface area contributed by atoms with E-state index in [1.54, 1.807) is 0 Å². The van der Waals surface area contributed by atoms with Crippen LogP contribution < -0.4 is 5.32 Å². The van der Waals surface area contributed by atoms with Gasteiger partial charge in [0.05, 0.1) is 6.54 Å². The summed E-state index contributed by atoms with van der Waals surface area (Å²) in [5, 5.41) is 2.99. The zero-order valence-corrected chi connectivity index (χ0v) is 15.0. The van der Waals surface area contributed by atoms with Crippen LogP contribution in [0.4, 0.5) is 0 Å². The molecule has 1 aromatic carbocycles. The Labute approximate surface area is 150 Å². The second-order valence-corrected chi connectivity index (χ2v) is 7.27. The summed E-state index contributed by atoms with van der Waals surface area (Å²) in [6.07, 6.45) is 5.04. The minimum absolute atomic E-state index is 0.0791. The summed E-state index contributed by atoms with van der Waals surface area (Å²) >= 11 is 0. The molecular weight excluding hydrogens is 314 g/mol. The third kappa shape index (κ3) is 5.56. The second kappa shape index (κ2) is 8.99. The standard InChI is InChI=1S/C20H29N3O2/c24-19(21-15-18-6-2-1-3-7-18)16-22-12-8-17(9-13-22)14-20(25)23-10-4-5-11-23/h1-3,6-7,17H,4-5,8-16H2,(H,21,24). The SMILES string of the molecule is O=C(CN1CCC(CC(=O)N2CCCC2)CC1)NCc1ccccc1. The van der Waals surface area contributed by atoms with E-state index >= 15 is 0 Å². The molecule has 0 aliphatic carbocycles. The first kappa shape index (κ1) is 17.9. The highest BCUT2D eigenvalue weighted by atomic mass is 16.2. The Kier molecular flexibility index (Phi) is 6.45. The van der Waals surface area contributed by atoms with Gasteiger partial charge in [0, 0.05) is 26.1 Å². The molecule has 2 aliphatic heterocycles. The molecule has 2 amide bonds. The van der Waals surface area contributed by atoms with E-state index in [-0.39, 0.29) is 5.91 Å². The van der Waals surface area contributed by atoms with Gasteiger partial charge in [-0.25, -0.2) is 0 Å². The molecule has 2 saturated heterocycles. The molecule has 0 saturated carbocycles. The van der Waals surface area contributed by atoms with Gasteiger partial charge in [0.2, 0.25) is 11.8 Å². The summed E-state index contributed by atoms with van der Waals surface area (Å²) in [7, 11) is 0. The largest absolute Gasteiger partial charge is 0.351 e. The van der Waals surface area contributed by atoms with Crippen molar-refractivity contribution in [1.82, 2.24) is 15.1 Å². The van der Waals surface area contributed by atoms with Crippen molar-refractivity contribution in [3.8, 4) is 0 Å². The predicted octanol–water partition coefficient (Wildman–Crippen LogP) is 2.03. The summed E-state index contributed by atoms with van der Waals surface area (Å²) < 4.78 is 0. The van der Waals surface area contributed by atoms with Crippen molar-refractivity contribution in [2.45, 2.75) is 38.6 Å². The molecule has 0 radical (unpaired) electrons. The van der Waals surface area contributed by atoms with Crippen LogP contribution in [-0.4, -0.2) is 54.3 Å². The summed E-state index contributed by atoms with van der Waals surface area (Å²) in [5.74, 6) is 0.892.